The molecule has 29 heavy (non-hydrogen) atoms. The third-order valence-corrected chi connectivity index (χ3v) is 6.05. The predicted octanol–water partition coefficient (Wildman–Crippen LogP) is 1.54. The Kier molecular flexibility index (Phi) is 4.92. The molecule has 0 aromatic heterocycles. The van der Waals surface area contributed by atoms with Gasteiger partial charge in [0.25, 0.3) is 5.91 Å². The Morgan fingerprint density at radius 1 is 1.28 bits per heavy atom. The van der Waals surface area contributed by atoms with Crippen molar-refractivity contribution in [3.05, 3.63) is 48.0 Å². The van der Waals surface area contributed by atoms with Crippen LogP contribution in [0.5, 0.6) is 0 Å². The molecule has 1 N–H and O–H groups in total. The molecule has 2 saturated heterocycles. The number of carbonyl (C=O) groups is 2. The fourth-order valence-electron chi connectivity index (χ4n) is 4.46. The van der Waals surface area contributed by atoms with Crippen molar-refractivity contribution in [2.24, 2.45) is 5.10 Å². The number of hydrogen-bond acceptors (Lipinski definition) is 6. The van der Waals surface area contributed by atoms with Crippen LogP contribution in [0, 0.1) is 6.92 Å². The Morgan fingerprint density at radius 2 is 2.03 bits per heavy atom. The van der Waals surface area contributed by atoms with Gasteiger partial charge in [-0.15, -0.1) is 6.58 Å². The molecular weight excluding hydrogens is 368 g/mol. The average molecular weight is 396 g/mol. The van der Waals surface area contributed by atoms with Gasteiger partial charge in [0.05, 0.1) is 24.8 Å². The zero-order valence-electron chi connectivity index (χ0n) is 17.4. The van der Waals surface area contributed by atoms with Crippen LogP contribution in [0.25, 0.3) is 0 Å². The fourth-order valence-corrected chi connectivity index (χ4v) is 4.46. The lowest BCUT2D eigenvalue weighted by atomic mass is 10.0. The molecule has 3 heterocycles. The number of nitrogens with one attached hydrogen (secondary N) is 1. The molecule has 3 amide bonds. The number of imide groups is 1. The SMILES string of the molecule is C=CCN1N=C(C)C(C)N2C3C(=O)N(Cc4cccc(C)c4)C(=O)N(C)C3NC12. The minimum Gasteiger partial charge on any atom is -0.310 e. The van der Waals surface area contributed by atoms with Crippen LogP contribution < -0.4 is 5.32 Å². The van der Waals surface area contributed by atoms with Gasteiger partial charge < -0.3 is 4.90 Å². The van der Waals surface area contributed by atoms with Crippen LogP contribution in [0.3, 0.4) is 0 Å². The number of aryl methyl sites for hydroxylation is 1. The summed E-state index contributed by atoms with van der Waals surface area (Å²) >= 11 is 0. The number of likely N-dealkylation sites (N-methyl/N-ethyl adjacent to an activating group) is 1. The maximum atomic E-state index is 13.5. The summed E-state index contributed by atoms with van der Waals surface area (Å²) in [5.41, 5.74) is 2.98. The van der Waals surface area contributed by atoms with E-state index in [-0.39, 0.29) is 30.8 Å². The predicted molar refractivity (Wildman–Crippen MR) is 111 cm³/mol. The summed E-state index contributed by atoms with van der Waals surface area (Å²) in [7, 11) is 1.75. The fraction of sp³-hybridized carbons (Fsp3) is 0.476. The highest BCUT2D eigenvalue weighted by molar-refractivity contribution is 6.01. The second-order valence-electron chi connectivity index (χ2n) is 8.01. The van der Waals surface area contributed by atoms with Gasteiger partial charge in [0, 0.05) is 7.05 Å². The molecule has 154 valence electrons. The first-order valence-electron chi connectivity index (χ1n) is 9.93. The van der Waals surface area contributed by atoms with Gasteiger partial charge in [-0.3, -0.25) is 20.0 Å². The van der Waals surface area contributed by atoms with E-state index in [0.717, 1.165) is 16.8 Å². The summed E-state index contributed by atoms with van der Waals surface area (Å²) in [6.07, 6.45) is 1.12. The van der Waals surface area contributed by atoms with Gasteiger partial charge in [-0.2, -0.15) is 5.10 Å². The second kappa shape index (κ2) is 7.27. The van der Waals surface area contributed by atoms with Crippen molar-refractivity contribution in [3.63, 3.8) is 0 Å². The highest BCUT2D eigenvalue weighted by atomic mass is 16.2. The molecule has 8 heteroatoms. The van der Waals surface area contributed by atoms with E-state index in [0.29, 0.717) is 6.54 Å². The van der Waals surface area contributed by atoms with E-state index in [2.05, 4.69) is 28.8 Å². The van der Waals surface area contributed by atoms with Gasteiger partial charge in [0.15, 0.2) is 6.29 Å². The van der Waals surface area contributed by atoms with E-state index in [1.54, 1.807) is 18.0 Å². The van der Waals surface area contributed by atoms with Crippen LogP contribution in [0.2, 0.25) is 0 Å². The number of hydrazone groups is 1. The lowest BCUT2D eigenvalue weighted by molar-refractivity contribution is -0.140. The van der Waals surface area contributed by atoms with Crippen molar-refractivity contribution in [3.8, 4) is 0 Å². The highest BCUT2D eigenvalue weighted by Gasteiger charge is 2.57. The zero-order valence-corrected chi connectivity index (χ0v) is 17.4. The Labute approximate surface area is 171 Å². The molecule has 2 fully saturated rings. The summed E-state index contributed by atoms with van der Waals surface area (Å²) in [6.45, 7) is 10.7. The molecular formula is C21H28N6O2. The van der Waals surface area contributed by atoms with Crippen molar-refractivity contribution < 1.29 is 9.59 Å². The first-order valence-corrected chi connectivity index (χ1v) is 9.93. The monoisotopic (exact) mass is 396 g/mol. The lowest BCUT2D eigenvalue weighted by Gasteiger charge is -2.44. The average Bonchev–Trinajstić information content (AvgIpc) is 3.09. The number of carbonyl (C=O) groups excluding carboxylic acids is 2. The first-order chi connectivity index (χ1) is 13.8. The molecule has 4 rings (SSSR count). The number of urea groups is 1. The molecule has 0 saturated carbocycles. The third-order valence-electron chi connectivity index (χ3n) is 6.05. The molecule has 1 aromatic carbocycles. The summed E-state index contributed by atoms with van der Waals surface area (Å²) in [5, 5.41) is 9.99. The van der Waals surface area contributed by atoms with Gasteiger partial charge in [-0.05, 0) is 26.3 Å². The van der Waals surface area contributed by atoms with Gasteiger partial charge in [-0.25, -0.2) is 9.69 Å². The van der Waals surface area contributed by atoms with E-state index in [1.807, 2.05) is 43.1 Å². The molecule has 1 aromatic rings. The standard InChI is InChI=1S/C21H28N6O2/c1-6-10-26-20-22-18-17(27(20)15(4)14(3)23-26)19(28)25(21(29)24(18)5)12-16-9-7-8-13(2)11-16/h6-9,11,15,17-18,20,22H,1,10,12H2,2-5H3. The van der Waals surface area contributed by atoms with E-state index >= 15 is 0 Å². The van der Waals surface area contributed by atoms with E-state index < -0.39 is 12.2 Å². The number of amides is 3. The normalized spacial score (nSPS) is 29.7. The minimum absolute atomic E-state index is 0.0186. The summed E-state index contributed by atoms with van der Waals surface area (Å²) in [4.78, 5) is 31.7. The van der Waals surface area contributed by atoms with E-state index in [9.17, 15) is 9.59 Å². The molecule has 3 aliphatic rings. The molecule has 4 atom stereocenters. The van der Waals surface area contributed by atoms with E-state index in [4.69, 9.17) is 0 Å². The van der Waals surface area contributed by atoms with Crippen LogP contribution in [-0.4, -0.2) is 75.5 Å². The van der Waals surface area contributed by atoms with Gasteiger partial charge >= 0.3 is 6.03 Å². The first kappa shape index (κ1) is 19.6. The van der Waals surface area contributed by atoms with Crippen LogP contribution in [0.1, 0.15) is 25.0 Å². The van der Waals surface area contributed by atoms with Crippen LogP contribution in [0.15, 0.2) is 42.0 Å². The maximum Gasteiger partial charge on any atom is 0.328 e. The molecule has 0 bridgehead atoms. The molecule has 0 aliphatic carbocycles. The number of benzene rings is 1. The van der Waals surface area contributed by atoms with Gasteiger partial charge in [0.2, 0.25) is 0 Å². The van der Waals surface area contributed by atoms with E-state index in [1.165, 1.54) is 4.90 Å². The number of rotatable bonds is 4. The van der Waals surface area contributed by atoms with Gasteiger partial charge in [0.1, 0.15) is 12.2 Å². The van der Waals surface area contributed by atoms with Crippen molar-refractivity contribution in [2.45, 2.75) is 51.9 Å². The Hall–Kier alpha value is -2.71. The van der Waals surface area contributed by atoms with Crippen molar-refractivity contribution in [1.29, 1.82) is 0 Å². The highest BCUT2D eigenvalue weighted by Crippen LogP contribution is 2.33. The van der Waals surface area contributed by atoms with Crippen LogP contribution in [-0.2, 0) is 11.3 Å². The molecule has 4 unspecified atom stereocenters. The summed E-state index contributed by atoms with van der Waals surface area (Å²) in [6, 6.07) is 7.13. The summed E-state index contributed by atoms with van der Waals surface area (Å²) in [5.74, 6) is -0.172. The van der Waals surface area contributed by atoms with Gasteiger partial charge in [-0.1, -0.05) is 35.9 Å². The lowest BCUT2D eigenvalue weighted by Crippen LogP contribution is -2.67. The molecule has 0 radical (unpaired) electrons. The molecule has 3 aliphatic heterocycles. The smallest absolute Gasteiger partial charge is 0.310 e. The van der Waals surface area contributed by atoms with Crippen molar-refractivity contribution in [1.82, 2.24) is 25.0 Å². The quantitative estimate of drug-likeness (QED) is 0.782. The maximum absolute atomic E-state index is 13.5. The Morgan fingerprint density at radius 3 is 2.72 bits per heavy atom. The van der Waals surface area contributed by atoms with Crippen molar-refractivity contribution >= 4 is 17.6 Å². The number of nitrogens with zero attached hydrogens (tertiary/aromatic N) is 5. The van der Waals surface area contributed by atoms with Crippen molar-refractivity contribution in [2.75, 3.05) is 13.6 Å². The second-order valence-corrected chi connectivity index (χ2v) is 8.01. The molecule has 8 nitrogen and oxygen atoms in total. The Balaban J connectivity index is 1.67. The topological polar surface area (TPSA) is 71.5 Å². The molecule has 0 spiro atoms. The Bertz CT molecular complexity index is 884. The number of fused-ring (bicyclic) bond motifs is 3. The minimum atomic E-state index is -0.472. The zero-order chi connectivity index (χ0) is 20.9. The van der Waals surface area contributed by atoms with Crippen LogP contribution in [0.4, 0.5) is 4.79 Å². The number of hydrogen-bond donors (Lipinski definition) is 1. The van der Waals surface area contributed by atoms with Crippen LogP contribution >= 0.6 is 0 Å². The third kappa shape index (κ3) is 3.12. The largest absolute Gasteiger partial charge is 0.328 e. The summed E-state index contributed by atoms with van der Waals surface area (Å²) < 4.78 is 0.